The SMILES string of the molecule is C=C/C(C#Cc1cc(OC)cc(OC)c1)=C\C. The molecule has 2 nitrogen and oxygen atoms in total. The summed E-state index contributed by atoms with van der Waals surface area (Å²) in [7, 11) is 3.24. The minimum atomic E-state index is 0.731. The first-order valence-corrected chi connectivity index (χ1v) is 5.27. The van der Waals surface area contributed by atoms with Crippen molar-refractivity contribution in [3.63, 3.8) is 0 Å². The monoisotopic (exact) mass is 228 g/mol. The first-order valence-electron chi connectivity index (χ1n) is 5.27. The van der Waals surface area contributed by atoms with Gasteiger partial charge in [-0.3, -0.25) is 0 Å². The van der Waals surface area contributed by atoms with Crippen molar-refractivity contribution in [3.8, 4) is 23.3 Å². The Balaban J connectivity index is 3.09. The molecule has 1 aromatic rings. The van der Waals surface area contributed by atoms with E-state index < -0.39 is 0 Å². The van der Waals surface area contributed by atoms with E-state index in [1.807, 2.05) is 31.2 Å². The second-order valence-electron chi connectivity index (χ2n) is 3.30. The van der Waals surface area contributed by atoms with Crippen LogP contribution >= 0.6 is 0 Å². The fourth-order valence-electron chi connectivity index (χ4n) is 1.26. The van der Waals surface area contributed by atoms with Gasteiger partial charge in [0.2, 0.25) is 0 Å². The summed E-state index contributed by atoms with van der Waals surface area (Å²) in [6, 6.07) is 5.55. The highest BCUT2D eigenvalue weighted by molar-refractivity contribution is 5.49. The molecule has 0 saturated heterocycles. The van der Waals surface area contributed by atoms with E-state index in [1.54, 1.807) is 20.3 Å². The van der Waals surface area contributed by atoms with Crippen LogP contribution in [0, 0.1) is 11.8 Å². The number of benzene rings is 1. The van der Waals surface area contributed by atoms with E-state index >= 15 is 0 Å². The maximum atomic E-state index is 5.17. The average Bonchev–Trinajstić information content (AvgIpc) is 2.39. The Kier molecular flexibility index (Phi) is 4.90. The highest BCUT2D eigenvalue weighted by atomic mass is 16.5. The topological polar surface area (TPSA) is 18.5 Å². The first-order chi connectivity index (χ1) is 8.23. The highest BCUT2D eigenvalue weighted by Gasteiger charge is 1.99. The molecule has 88 valence electrons. The molecule has 0 saturated carbocycles. The van der Waals surface area contributed by atoms with Crippen LogP contribution in [0.4, 0.5) is 0 Å². The fraction of sp³-hybridized carbons (Fsp3) is 0.200. The molecule has 0 atom stereocenters. The molecule has 0 N–H and O–H groups in total. The third-order valence-corrected chi connectivity index (χ3v) is 2.23. The van der Waals surface area contributed by atoms with Gasteiger partial charge in [-0.15, -0.1) is 0 Å². The summed E-state index contributed by atoms with van der Waals surface area (Å²) in [4.78, 5) is 0. The van der Waals surface area contributed by atoms with Crippen LogP contribution in [0.15, 0.2) is 42.5 Å². The molecular formula is C15H16O2. The summed E-state index contributed by atoms with van der Waals surface area (Å²) >= 11 is 0. The Bertz CT molecular complexity index is 465. The Labute approximate surface area is 103 Å². The van der Waals surface area contributed by atoms with Gasteiger partial charge in [-0.2, -0.15) is 0 Å². The second-order valence-corrected chi connectivity index (χ2v) is 3.30. The molecule has 1 rings (SSSR count). The highest BCUT2D eigenvalue weighted by Crippen LogP contribution is 2.21. The lowest BCUT2D eigenvalue weighted by Crippen LogP contribution is -1.88. The van der Waals surface area contributed by atoms with Crippen LogP contribution in [0.25, 0.3) is 0 Å². The smallest absolute Gasteiger partial charge is 0.123 e. The van der Waals surface area contributed by atoms with E-state index in [4.69, 9.17) is 9.47 Å². The molecule has 2 heteroatoms. The van der Waals surface area contributed by atoms with Crippen molar-refractivity contribution in [3.05, 3.63) is 48.1 Å². The number of methoxy groups -OCH3 is 2. The van der Waals surface area contributed by atoms with Gasteiger partial charge < -0.3 is 9.47 Å². The lowest BCUT2D eigenvalue weighted by Gasteiger charge is -2.04. The Morgan fingerprint density at radius 3 is 2.18 bits per heavy atom. The third-order valence-electron chi connectivity index (χ3n) is 2.23. The average molecular weight is 228 g/mol. The molecule has 0 bridgehead atoms. The maximum absolute atomic E-state index is 5.17. The number of rotatable bonds is 3. The van der Waals surface area contributed by atoms with Crippen LogP contribution in [-0.4, -0.2) is 14.2 Å². The van der Waals surface area contributed by atoms with Crippen molar-refractivity contribution in [1.82, 2.24) is 0 Å². The van der Waals surface area contributed by atoms with E-state index in [0.29, 0.717) is 0 Å². The van der Waals surface area contributed by atoms with Crippen LogP contribution < -0.4 is 9.47 Å². The minimum Gasteiger partial charge on any atom is -0.497 e. The number of ether oxygens (including phenoxy) is 2. The van der Waals surface area contributed by atoms with Crippen molar-refractivity contribution in [2.24, 2.45) is 0 Å². The molecule has 0 aliphatic carbocycles. The van der Waals surface area contributed by atoms with Crippen LogP contribution in [0.3, 0.4) is 0 Å². The van der Waals surface area contributed by atoms with E-state index in [1.165, 1.54) is 0 Å². The molecule has 0 aromatic heterocycles. The summed E-state index contributed by atoms with van der Waals surface area (Å²) in [5.74, 6) is 7.53. The molecule has 0 aliphatic rings. The van der Waals surface area contributed by atoms with E-state index in [2.05, 4.69) is 18.4 Å². The van der Waals surface area contributed by atoms with Gasteiger partial charge in [0, 0.05) is 17.2 Å². The van der Waals surface area contributed by atoms with Crippen molar-refractivity contribution in [2.75, 3.05) is 14.2 Å². The van der Waals surface area contributed by atoms with Crippen molar-refractivity contribution >= 4 is 0 Å². The number of hydrogen-bond donors (Lipinski definition) is 0. The summed E-state index contributed by atoms with van der Waals surface area (Å²) < 4.78 is 10.3. The minimum absolute atomic E-state index is 0.731. The fourth-order valence-corrected chi connectivity index (χ4v) is 1.26. The van der Waals surface area contributed by atoms with Gasteiger partial charge in [0.25, 0.3) is 0 Å². The second kappa shape index (κ2) is 6.44. The summed E-state index contributed by atoms with van der Waals surface area (Å²) in [6.07, 6.45) is 3.64. The van der Waals surface area contributed by atoms with Crippen LogP contribution in [-0.2, 0) is 0 Å². The lowest BCUT2D eigenvalue weighted by atomic mass is 10.1. The predicted molar refractivity (Wildman–Crippen MR) is 70.4 cm³/mol. The standard InChI is InChI=1S/C15H16O2/c1-5-12(6-2)7-8-13-9-14(16-3)11-15(10-13)17-4/h5-6,9-11H,1H2,2-4H3/b12-6+. The molecule has 17 heavy (non-hydrogen) atoms. The Morgan fingerprint density at radius 1 is 1.18 bits per heavy atom. The van der Waals surface area contributed by atoms with Gasteiger partial charge >= 0.3 is 0 Å². The number of allylic oxidation sites excluding steroid dienone is 3. The predicted octanol–water partition coefficient (Wildman–Crippen LogP) is 3.19. The van der Waals surface area contributed by atoms with Crippen molar-refractivity contribution < 1.29 is 9.47 Å². The molecule has 0 heterocycles. The Hall–Kier alpha value is -2.14. The van der Waals surface area contributed by atoms with Gasteiger partial charge in [-0.05, 0) is 19.1 Å². The summed E-state index contributed by atoms with van der Waals surface area (Å²) in [5.41, 5.74) is 1.74. The quantitative estimate of drug-likeness (QED) is 0.584. The van der Waals surface area contributed by atoms with Crippen molar-refractivity contribution in [2.45, 2.75) is 6.92 Å². The van der Waals surface area contributed by atoms with Gasteiger partial charge in [0.05, 0.1) is 14.2 Å². The summed E-state index contributed by atoms with van der Waals surface area (Å²) in [5, 5.41) is 0. The Morgan fingerprint density at radius 2 is 1.76 bits per heavy atom. The first kappa shape index (κ1) is 12.9. The van der Waals surface area contributed by atoms with Gasteiger partial charge in [0.1, 0.15) is 11.5 Å². The summed E-state index contributed by atoms with van der Waals surface area (Å²) in [6.45, 7) is 5.62. The van der Waals surface area contributed by atoms with Gasteiger partial charge in [0.15, 0.2) is 0 Å². The molecular weight excluding hydrogens is 212 g/mol. The van der Waals surface area contributed by atoms with Gasteiger partial charge in [-0.25, -0.2) is 0 Å². The molecule has 0 fully saturated rings. The third kappa shape index (κ3) is 3.73. The van der Waals surface area contributed by atoms with Gasteiger partial charge in [-0.1, -0.05) is 30.6 Å². The maximum Gasteiger partial charge on any atom is 0.123 e. The van der Waals surface area contributed by atoms with E-state index in [-0.39, 0.29) is 0 Å². The normalized spacial score (nSPS) is 10.2. The zero-order valence-electron chi connectivity index (χ0n) is 10.4. The molecule has 0 amide bonds. The van der Waals surface area contributed by atoms with E-state index in [9.17, 15) is 0 Å². The van der Waals surface area contributed by atoms with E-state index in [0.717, 1.165) is 22.6 Å². The van der Waals surface area contributed by atoms with Crippen LogP contribution in [0.1, 0.15) is 12.5 Å². The van der Waals surface area contributed by atoms with Crippen LogP contribution in [0.5, 0.6) is 11.5 Å². The zero-order valence-corrected chi connectivity index (χ0v) is 10.4. The molecule has 0 spiro atoms. The number of hydrogen-bond acceptors (Lipinski definition) is 2. The largest absolute Gasteiger partial charge is 0.497 e. The van der Waals surface area contributed by atoms with Crippen LogP contribution in [0.2, 0.25) is 0 Å². The lowest BCUT2D eigenvalue weighted by molar-refractivity contribution is 0.394. The molecule has 0 radical (unpaired) electrons. The van der Waals surface area contributed by atoms with Crippen molar-refractivity contribution in [1.29, 1.82) is 0 Å². The molecule has 0 aliphatic heterocycles. The zero-order chi connectivity index (χ0) is 12.7. The molecule has 0 unspecified atom stereocenters. The molecule has 1 aromatic carbocycles.